The average molecular weight is 316 g/mol. The number of hydrogen-bond acceptors (Lipinski definition) is 4. The fourth-order valence-corrected chi connectivity index (χ4v) is 2.95. The van der Waals surface area contributed by atoms with Crippen LogP contribution >= 0.6 is 0 Å². The highest BCUT2D eigenvalue weighted by molar-refractivity contribution is 6.15. The van der Waals surface area contributed by atoms with Gasteiger partial charge in [0.15, 0.2) is 5.82 Å². The van der Waals surface area contributed by atoms with Crippen LogP contribution in [0, 0.1) is 18.7 Å². The SMILES string of the molecule is Cc1nnnn1-c1ccc(C(=CC2CCCC2)C(=O)O)cc1F. The fraction of sp³-hybridized carbons (Fsp3) is 0.375. The molecule has 0 unspecified atom stereocenters. The van der Waals surface area contributed by atoms with Crippen molar-refractivity contribution in [2.45, 2.75) is 32.6 Å². The van der Waals surface area contributed by atoms with Crippen LogP contribution in [0.25, 0.3) is 11.3 Å². The number of aryl methyl sites for hydroxylation is 1. The van der Waals surface area contributed by atoms with Gasteiger partial charge in [-0.1, -0.05) is 25.0 Å². The number of benzene rings is 1. The Hall–Kier alpha value is -2.57. The van der Waals surface area contributed by atoms with E-state index in [4.69, 9.17) is 0 Å². The Morgan fingerprint density at radius 3 is 2.70 bits per heavy atom. The minimum atomic E-state index is -1.04. The van der Waals surface area contributed by atoms with Crippen molar-refractivity contribution >= 4 is 11.5 Å². The fourth-order valence-electron chi connectivity index (χ4n) is 2.95. The van der Waals surface area contributed by atoms with Crippen molar-refractivity contribution in [3.05, 3.63) is 41.5 Å². The predicted octanol–water partition coefficient (Wildman–Crippen LogP) is 2.77. The van der Waals surface area contributed by atoms with E-state index in [1.54, 1.807) is 19.1 Å². The molecule has 1 aliphatic rings. The molecule has 120 valence electrons. The van der Waals surface area contributed by atoms with Crippen molar-refractivity contribution in [1.29, 1.82) is 0 Å². The molecule has 0 radical (unpaired) electrons. The number of nitrogens with zero attached hydrogens (tertiary/aromatic N) is 4. The van der Waals surface area contributed by atoms with E-state index in [-0.39, 0.29) is 17.2 Å². The molecule has 1 saturated carbocycles. The summed E-state index contributed by atoms with van der Waals surface area (Å²) in [5.41, 5.74) is 0.703. The summed E-state index contributed by atoms with van der Waals surface area (Å²) < 4.78 is 15.7. The van der Waals surface area contributed by atoms with E-state index in [1.165, 1.54) is 16.8 Å². The van der Waals surface area contributed by atoms with Crippen LogP contribution in [0.1, 0.15) is 37.1 Å². The molecule has 6 nitrogen and oxygen atoms in total. The summed E-state index contributed by atoms with van der Waals surface area (Å²) in [6.07, 6.45) is 5.95. The molecule has 0 spiro atoms. The topological polar surface area (TPSA) is 80.9 Å². The summed E-state index contributed by atoms with van der Waals surface area (Å²) in [6.45, 7) is 1.66. The number of rotatable bonds is 4. The number of aromatic nitrogens is 4. The summed E-state index contributed by atoms with van der Waals surface area (Å²) >= 11 is 0. The maximum Gasteiger partial charge on any atom is 0.335 e. The number of halogens is 1. The lowest BCUT2D eigenvalue weighted by atomic mass is 9.98. The smallest absolute Gasteiger partial charge is 0.335 e. The number of carboxylic acids is 1. The number of carboxylic acid groups (broad SMARTS) is 1. The number of hydrogen-bond donors (Lipinski definition) is 1. The Kier molecular flexibility index (Phi) is 4.18. The van der Waals surface area contributed by atoms with Gasteiger partial charge in [-0.2, -0.15) is 4.68 Å². The van der Waals surface area contributed by atoms with Gasteiger partial charge < -0.3 is 5.11 Å². The van der Waals surface area contributed by atoms with Crippen molar-refractivity contribution < 1.29 is 14.3 Å². The van der Waals surface area contributed by atoms with Gasteiger partial charge in [0.2, 0.25) is 0 Å². The summed E-state index contributed by atoms with van der Waals surface area (Å²) in [5, 5.41) is 20.4. The molecule has 3 rings (SSSR count). The van der Waals surface area contributed by atoms with Crippen LogP contribution in [-0.2, 0) is 4.79 Å². The van der Waals surface area contributed by atoms with Crippen LogP contribution < -0.4 is 0 Å². The third-order valence-electron chi connectivity index (χ3n) is 4.14. The maximum atomic E-state index is 14.4. The van der Waals surface area contributed by atoms with E-state index in [0.717, 1.165) is 25.7 Å². The molecule has 1 aromatic heterocycles. The molecule has 0 bridgehead atoms. The standard InChI is InChI=1S/C16H17FN4O2/c1-10-18-19-20-21(10)15-7-6-12(9-14(15)17)13(16(22)23)8-11-4-2-3-5-11/h6-9,11H,2-5H2,1H3,(H,22,23). The van der Waals surface area contributed by atoms with Gasteiger partial charge >= 0.3 is 5.97 Å². The van der Waals surface area contributed by atoms with Gasteiger partial charge in [-0.3, -0.25) is 0 Å². The molecule has 23 heavy (non-hydrogen) atoms. The van der Waals surface area contributed by atoms with Crippen molar-refractivity contribution in [3.8, 4) is 5.69 Å². The molecule has 1 aromatic carbocycles. The molecule has 7 heteroatoms. The van der Waals surface area contributed by atoms with Crippen molar-refractivity contribution in [1.82, 2.24) is 20.2 Å². The predicted molar refractivity (Wildman–Crippen MR) is 81.4 cm³/mol. The summed E-state index contributed by atoms with van der Waals surface area (Å²) in [6, 6.07) is 4.32. The molecule has 0 saturated heterocycles. The molecule has 0 aliphatic heterocycles. The van der Waals surface area contributed by atoms with E-state index in [2.05, 4.69) is 15.5 Å². The Labute approximate surface area is 132 Å². The van der Waals surface area contributed by atoms with Gasteiger partial charge in [0.05, 0.1) is 5.57 Å². The van der Waals surface area contributed by atoms with E-state index < -0.39 is 11.8 Å². The Balaban J connectivity index is 1.97. The van der Waals surface area contributed by atoms with Gasteiger partial charge in [0.1, 0.15) is 11.5 Å². The largest absolute Gasteiger partial charge is 0.478 e. The molecular formula is C16H17FN4O2. The second-order valence-electron chi connectivity index (χ2n) is 5.73. The number of allylic oxidation sites excluding steroid dienone is 1. The maximum absolute atomic E-state index is 14.4. The normalized spacial score (nSPS) is 16.0. The number of aliphatic carboxylic acids is 1. The second kappa shape index (κ2) is 6.28. The first-order valence-corrected chi connectivity index (χ1v) is 7.56. The summed E-state index contributed by atoms with van der Waals surface area (Å²) in [7, 11) is 0. The molecule has 0 amide bonds. The molecule has 2 aromatic rings. The third-order valence-corrected chi connectivity index (χ3v) is 4.14. The molecule has 1 fully saturated rings. The summed E-state index contributed by atoms with van der Waals surface area (Å²) in [4.78, 5) is 11.5. The zero-order valence-electron chi connectivity index (χ0n) is 12.7. The van der Waals surface area contributed by atoms with Gasteiger partial charge in [-0.25, -0.2) is 9.18 Å². The van der Waals surface area contributed by atoms with Crippen molar-refractivity contribution in [3.63, 3.8) is 0 Å². The minimum absolute atomic E-state index is 0.149. The molecule has 1 heterocycles. The van der Waals surface area contributed by atoms with E-state index >= 15 is 0 Å². The van der Waals surface area contributed by atoms with Gasteiger partial charge in [-0.05, 0) is 53.8 Å². The number of tetrazole rings is 1. The van der Waals surface area contributed by atoms with Gasteiger partial charge in [0.25, 0.3) is 0 Å². The highest BCUT2D eigenvalue weighted by Gasteiger charge is 2.19. The van der Waals surface area contributed by atoms with E-state index in [0.29, 0.717) is 11.4 Å². The van der Waals surface area contributed by atoms with E-state index in [1.807, 2.05) is 0 Å². The van der Waals surface area contributed by atoms with Crippen molar-refractivity contribution in [2.24, 2.45) is 5.92 Å². The molecule has 0 atom stereocenters. The first-order chi connectivity index (χ1) is 11.1. The molecule has 1 N–H and O–H groups in total. The van der Waals surface area contributed by atoms with Crippen LogP contribution in [0.4, 0.5) is 4.39 Å². The lowest BCUT2D eigenvalue weighted by Gasteiger charge is -2.09. The highest BCUT2D eigenvalue weighted by atomic mass is 19.1. The Bertz CT molecular complexity index is 763. The monoisotopic (exact) mass is 316 g/mol. The van der Waals surface area contributed by atoms with Crippen LogP contribution in [0.5, 0.6) is 0 Å². The third kappa shape index (κ3) is 3.13. The zero-order valence-corrected chi connectivity index (χ0v) is 12.7. The average Bonchev–Trinajstić information content (AvgIpc) is 3.16. The molecular weight excluding hydrogens is 299 g/mol. The first-order valence-electron chi connectivity index (χ1n) is 7.56. The van der Waals surface area contributed by atoms with Gasteiger partial charge in [-0.15, -0.1) is 5.10 Å². The van der Waals surface area contributed by atoms with Crippen LogP contribution in [0.2, 0.25) is 0 Å². The van der Waals surface area contributed by atoms with Crippen LogP contribution in [-0.4, -0.2) is 31.3 Å². The second-order valence-corrected chi connectivity index (χ2v) is 5.73. The van der Waals surface area contributed by atoms with E-state index in [9.17, 15) is 14.3 Å². The highest BCUT2D eigenvalue weighted by Crippen LogP contribution is 2.30. The van der Waals surface area contributed by atoms with Crippen molar-refractivity contribution in [2.75, 3.05) is 0 Å². The van der Waals surface area contributed by atoms with Crippen LogP contribution in [0.3, 0.4) is 0 Å². The van der Waals surface area contributed by atoms with Crippen LogP contribution in [0.15, 0.2) is 24.3 Å². The van der Waals surface area contributed by atoms with Gasteiger partial charge in [0, 0.05) is 0 Å². The Morgan fingerprint density at radius 2 is 2.13 bits per heavy atom. The number of carbonyl (C=O) groups is 1. The minimum Gasteiger partial charge on any atom is -0.478 e. The first kappa shape index (κ1) is 15.3. The zero-order chi connectivity index (χ0) is 16.4. The lowest BCUT2D eigenvalue weighted by Crippen LogP contribution is -2.06. The Morgan fingerprint density at radius 1 is 1.39 bits per heavy atom. The summed E-state index contributed by atoms with van der Waals surface area (Å²) in [5.74, 6) is -0.888. The lowest BCUT2D eigenvalue weighted by molar-refractivity contribution is -0.130. The quantitative estimate of drug-likeness (QED) is 0.877. The molecule has 1 aliphatic carbocycles.